The smallest absolute Gasteiger partial charge is 0.475 e. The number of rotatable bonds is 5. The molecule has 2 aliphatic heterocycles. The number of aliphatic carboxylic acids is 1. The topological polar surface area (TPSA) is 105 Å². The molecule has 2 N–H and O–H groups in total. The van der Waals surface area contributed by atoms with Crippen molar-refractivity contribution in [2.45, 2.75) is 33.1 Å². The molecule has 3 aromatic heterocycles. The summed E-state index contributed by atoms with van der Waals surface area (Å²) in [5.41, 5.74) is 4.02. The first kappa shape index (κ1) is 28.6. The van der Waals surface area contributed by atoms with E-state index >= 15 is 0 Å². The van der Waals surface area contributed by atoms with Crippen LogP contribution in [0.15, 0.2) is 42.7 Å². The van der Waals surface area contributed by atoms with E-state index in [4.69, 9.17) is 21.5 Å². The lowest BCUT2D eigenvalue weighted by Gasteiger charge is -2.28. The number of likely N-dealkylation sites (tertiary alicyclic amines) is 1. The van der Waals surface area contributed by atoms with E-state index in [1.165, 1.54) is 10.4 Å². The number of pyridine rings is 1. The summed E-state index contributed by atoms with van der Waals surface area (Å²) < 4.78 is 35.1. The predicted octanol–water partition coefficient (Wildman–Crippen LogP) is 5.57. The zero-order chi connectivity index (χ0) is 30.1. The van der Waals surface area contributed by atoms with Gasteiger partial charge in [-0.3, -0.25) is 19.5 Å². The van der Waals surface area contributed by atoms with Crippen molar-refractivity contribution in [1.29, 1.82) is 0 Å². The molecule has 5 heterocycles. The van der Waals surface area contributed by atoms with Crippen LogP contribution < -0.4 is 5.32 Å². The number of aromatic nitrogens is 2. The van der Waals surface area contributed by atoms with Crippen molar-refractivity contribution < 1.29 is 32.7 Å². The largest absolute Gasteiger partial charge is 0.490 e. The Labute approximate surface area is 247 Å². The molecule has 3 fully saturated rings. The highest BCUT2D eigenvalue weighted by Gasteiger charge is 2.72. The van der Waals surface area contributed by atoms with Gasteiger partial charge in [-0.15, -0.1) is 11.3 Å². The Kier molecular flexibility index (Phi) is 6.86. The van der Waals surface area contributed by atoms with Gasteiger partial charge >= 0.3 is 12.1 Å². The van der Waals surface area contributed by atoms with Crippen LogP contribution in [0.5, 0.6) is 0 Å². The van der Waals surface area contributed by atoms with Gasteiger partial charge in [0.1, 0.15) is 0 Å². The minimum atomic E-state index is -5.08. The molecule has 7 rings (SSSR count). The number of piperidine rings is 1. The number of carbonyl (C=O) groups excluding carboxylic acids is 2. The molecule has 8 nitrogen and oxygen atoms in total. The number of halogens is 4. The van der Waals surface area contributed by atoms with E-state index in [0.29, 0.717) is 17.5 Å². The van der Waals surface area contributed by atoms with E-state index in [9.17, 15) is 22.8 Å². The third kappa shape index (κ3) is 4.84. The Hall–Kier alpha value is -3.48. The van der Waals surface area contributed by atoms with Gasteiger partial charge in [0, 0.05) is 64.4 Å². The van der Waals surface area contributed by atoms with Gasteiger partial charge in [0.15, 0.2) is 0 Å². The summed E-state index contributed by atoms with van der Waals surface area (Å²) in [6.07, 6.45) is -1.10. The first-order valence-corrected chi connectivity index (χ1v) is 14.5. The molecule has 0 radical (unpaired) electrons. The minimum absolute atomic E-state index is 0.0319. The van der Waals surface area contributed by atoms with Crippen LogP contribution in [0, 0.1) is 23.2 Å². The van der Waals surface area contributed by atoms with Crippen LogP contribution in [0.3, 0.4) is 0 Å². The number of hydrogen-bond donors (Lipinski definition) is 2. The molecule has 4 aromatic rings. The number of benzene rings is 1. The maximum atomic E-state index is 12.9. The van der Waals surface area contributed by atoms with Crippen LogP contribution in [0.1, 0.15) is 18.7 Å². The quantitative estimate of drug-likeness (QED) is 0.284. The van der Waals surface area contributed by atoms with Crippen molar-refractivity contribution in [3.8, 4) is 11.1 Å². The highest BCUT2D eigenvalue weighted by molar-refractivity contribution is 7.19. The van der Waals surface area contributed by atoms with Gasteiger partial charge in [0.2, 0.25) is 11.8 Å². The monoisotopic (exact) mass is 618 g/mol. The average Bonchev–Trinajstić information content (AvgIpc) is 3.23. The molecule has 2 atom stereocenters. The summed E-state index contributed by atoms with van der Waals surface area (Å²) in [6.45, 7) is 7.39. The summed E-state index contributed by atoms with van der Waals surface area (Å²) in [7, 11) is 0. The van der Waals surface area contributed by atoms with Crippen LogP contribution in [-0.2, 0) is 27.5 Å². The Morgan fingerprint density at radius 3 is 2.40 bits per heavy atom. The lowest BCUT2D eigenvalue weighted by atomic mass is 10.0. The summed E-state index contributed by atoms with van der Waals surface area (Å²) >= 11 is 8.16. The molecule has 2 saturated heterocycles. The third-order valence-electron chi connectivity index (χ3n) is 8.35. The van der Waals surface area contributed by atoms with Gasteiger partial charge in [0.25, 0.3) is 0 Å². The number of nitrogens with zero attached hydrogens (tertiary/aromatic N) is 3. The Morgan fingerprint density at radius 2 is 1.81 bits per heavy atom. The third-order valence-corrected chi connectivity index (χ3v) is 9.71. The van der Waals surface area contributed by atoms with Crippen molar-refractivity contribution >= 4 is 61.8 Å². The lowest BCUT2D eigenvalue weighted by Crippen LogP contribution is -2.44. The normalized spacial score (nSPS) is 21.3. The SMILES string of the molecule is CC1(C)C2C(=O)N(Cc3cc4nccc(-c5cc(Cl)cc6ccn(CC7CNC7)c56)c4s3)C(=O)C21.O=C(O)C(F)(F)F. The fraction of sp³-hybridized carbons (Fsp3) is 0.379. The second-order valence-electron chi connectivity index (χ2n) is 11.5. The summed E-state index contributed by atoms with van der Waals surface area (Å²) in [5.74, 6) is -2.50. The number of carboxylic acids is 1. The van der Waals surface area contributed by atoms with E-state index in [-0.39, 0.29) is 29.1 Å². The van der Waals surface area contributed by atoms with Gasteiger partial charge in [-0.05, 0) is 35.7 Å². The molecule has 220 valence electrons. The van der Waals surface area contributed by atoms with Gasteiger partial charge in [-0.2, -0.15) is 13.2 Å². The zero-order valence-corrected chi connectivity index (χ0v) is 24.1. The number of carbonyl (C=O) groups is 3. The number of hydrogen-bond acceptors (Lipinski definition) is 6. The molecule has 3 aliphatic rings. The molecule has 1 saturated carbocycles. The summed E-state index contributed by atoms with van der Waals surface area (Å²) in [5, 5.41) is 12.3. The Bertz CT molecular complexity index is 1740. The second kappa shape index (κ2) is 10.1. The highest BCUT2D eigenvalue weighted by atomic mass is 35.5. The van der Waals surface area contributed by atoms with E-state index in [1.807, 2.05) is 44.3 Å². The number of thiophene rings is 1. The van der Waals surface area contributed by atoms with Gasteiger partial charge in [-0.1, -0.05) is 25.4 Å². The van der Waals surface area contributed by atoms with Crippen molar-refractivity contribution in [3.05, 3.63) is 52.6 Å². The van der Waals surface area contributed by atoms with Crippen LogP contribution in [-0.4, -0.2) is 56.6 Å². The highest BCUT2D eigenvalue weighted by Crippen LogP contribution is 2.63. The fourth-order valence-electron chi connectivity index (χ4n) is 6.02. The maximum absolute atomic E-state index is 12.9. The van der Waals surface area contributed by atoms with E-state index in [0.717, 1.165) is 51.2 Å². The average molecular weight is 619 g/mol. The van der Waals surface area contributed by atoms with Crippen LogP contribution in [0.2, 0.25) is 5.02 Å². The molecule has 0 bridgehead atoms. The van der Waals surface area contributed by atoms with E-state index in [2.05, 4.69) is 27.1 Å². The van der Waals surface area contributed by atoms with Crippen LogP contribution in [0.4, 0.5) is 13.2 Å². The molecule has 1 aliphatic carbocycles. The molecule has 0 spiro atoms. The van der Waals surface area contributed by atoms with Crippen LogP contribution in [0.25, 0.3) is 32.2 Å². The lowest BCUT2D eigenvalue weighted by molar-refractivity contribution is -0.192. The van der Waals surface area contributed by atoms with Gasteiger partial charge < -0.3 is 15.0 Å². The van der Waals surface area contributed by atoms with Crippen molar-refractivity contribution in [3.63, 3.8) is 0 Å². The molecular formula is C29H26ClF3N4O4S. The summed E-state index contributed by atoms with van der Waals surface area (Å²) in [6, 6.07) is 10.2. The van der Waals surface area contributed by atoms with Crippen molar-refractivity contribution in [2.75, 3.05) is 13.1 Å². The number of carboxylic acid groups (broad SMARTS) is 1. The minimum Gasteiger partial charge on any atom is -0.475 e. The number of amides is 2. The van der Waals surface area contributed by atoms with Gasteiger partial charge in [-0.25, -0.2) is 4.79 Å². The fourth-order valence-corrected chi connectivity index (χ4v) is 7.38. The van der Waals surface area contributed by atoms with E-state index in [1.54, 1.807) is 11.3 Å². The summed E-state index contributed by atoms with van der Waals surface area (Å²) in [4.78, 5) is 41.6. The molecule has 42 heavy (non-hydrogen) atoms. The number of imide groups is 1. The first-order chi connectivity index (χ1) is 19.8. The zero-order valence-electron chi connectivity index (χ0n) is 22.5. The predicted molar refractivity (Wildman–Crippen MR) is 152 cm³/mol. The maximum Gasteiger partial charge on any atom is 0.490 e. The standard InChI is InChI=1S/C27H25ClN4O2S.C2HF3O2/c1-27(2)21-22(27)26(34)32(25(21)33)13-17-9-20-24(35-17)18(3-5-30-20)19-8-16(28)7-15-4-6-31(23(15)19)12-14-10-29-11-14;3-2(4,5)1(6)7/h3-9,14,21-22,29H,10-13H2,1-2H3;(H,6,7). The molecule has 2 unspecified atom stereocenters. The van der Waals surface area contributed by atoms with Crippen LogP contribution >= 0.6 is 22.9 Å². The van der Waals surface area contributed by atoms with E-state index < -0.39 is 12.1 Å². The number of nitrogens with one attached hydrogen (secondary N) is 1. The molecule has 13 heteroatoms. The number of alkyl halides is 3. The second-order valence-corrected chi connectivity index (χ2v) is 13.1. The van der Waals surface area contributed by atoms with Crippen molar-refractivity contribution in [2.24, 2.45) is 23.2 Å². The van der Waals surface area contributed by atoms with Crippen molar-refractivity contribution in [1.82, 2.24) is 19.8 Å². The molecular weight excluding hydrogens is 593 g/mol. The first-order valence-electron chi connectivity index (χ1n) is 13.3. The number of fused-ring (bicyclic) bond motifs is 3. The van der Waals surface area contributed by atoms with Gasteiger partial charge in [0.05, 0.1) is 34.1 Å². The molecule has 1 aromatic carbocycles. The Morgan fingerprint density at radius 1 is 1.14 bits per heavy atom. The Balaban J connectivity index is 0.000000405. The molecule has 2 amide bonds.